The van der Waals surface area contributed by atoms with E-state index in [1.807, 2.05) is 34.6 Å². The van der Waals surface area contributed by atoms with Crippen molar-refractivity contribution >= 4 is 34.5 Å². The lowest BCUT2D eigenvalue weighted by Crippen LogP contribution is -2.37. The quantitative estimate of drug-likeness (QED) is 0.586. The standard InChI is InChI=1S/C25H25N3O5S/c1-15-22(24(30)33-4)23(16-6-5-7-20(12-16)32-3)28-18(14-34-25(28)26-15)13-21(29)27-17-8-10-19(31-2)11-9-17/h5-12,14,23H,13H2,1-4H3,(H,27,29)/t23-/m1/s1. The molecule has 0 saturated carbocycles. The number of amides is 1. The number of benzene rings is 2. The number of anilines is 1. The Morgan fingerprint density at radius 1 is 1.06 bits per heavy atom. The Hall–Kier alpha value is -3.72. The zero-order valence-electron chi connectivity index (χ0n) is 19.3. The number of thioether (sulfide) groups is 1. The van der Waals surface area contributed by atoms with Gasteiger partial charge in [0.2, 0.25) is 5.91 Å². The molecule has 0 saturated heterocycles. The fraction of sp³-hybridized carbons (Fsp3) is 0.240. The van der Waals surface area contributed by atoms with Gasteiger partial charge in [0, 0.05) is 11.4 Å². The third kappa shape index (κ3) is 4.65. The lowest BCUT2D eigenvalue weighted by Gasteiger charge is -2.36. The largest absolute Gasteiger partial charge is 0.497 e. The fourth-order valence-electron chi connectivity index (χ4n) is 3.91. The highest BCUT2D eigenvalue weighted by molar-refractivity contribution is 8.16. The molecule has 0 bridgehead atoms. The van der Waals surface area contributed by atoms with Gasteiger partial charge < -0.3 is 24.4 Å². The fourth-order valence-corrected chi connectivity index (χ4v) is 4.88. The van der Waals surface area contributed by atoms with Crippen molar-refractivity contribution in [2.24, 2.45) is 4.99 Å². The van der Waals surface area contributed by atoms with Crippen LogP contribution in [-0.2, 0) is 14.3 Å². The number of allylic oxidation sites excluding steroid dienone is 1. The summed E-state index contributed by atoms with van der Waals surface area (Å²) in [7, 11) is 4.53. The maximum atomic E-state index is 12.9. The maximum Gasteiger partial charge on any atom is 0.338 e. The number of nitrogens with zero attached hydrogens (tertiary/aromatic N) is 2. The highest BCUT2D eigenvalue weighted by atomic mass is 32.2. The van der Waals surface area contributed by atoms with Gasteiger partial charge in [0.05, 0.1) is 45.1 Å². The van der Waals surface area contributed by atoms with Gasteiger partial charge in [0.25, 0.3) is 0 Å². The molecule has 4 rings (SSSR count). The van der Waals surface area contributed by atoms with Crippen LogP contribution in [0.4, 0.5) is 5.69 Å². The van der Waals surface area contributed by atoms with Gasteiger partial charge in [-0.05, 0) is 54.3 Å². The maximum absolute atomic E-state index is 12.9. The van der Waals surface area contributed by atoms with Gasteiger partial charge in [-0.3, -0.25) is 4.79 Å². The molecule has 0 aliphatic carbocycles. The second-order valence-electron chi connectivity index (χ2n) is 7.61. The molecule has 0 spiro atoms. The monoisotopic (exact) mass is 479 g/mol. The van der Waals surface area contributed by atoms with Crippen molar-refractivity contribution in [3.8, 4) is 11.5 Å². The van der Waals surface area contributed by atoms with E-state index in [0.717, 1.165) is 11.3 Å². The molecule has 0 radical (unpaired) electrons. The van der Waals surface area contributed by atoms with Gasteiger partial charge in [0.15, 0.2) is 5.17 Å². The van der Waals surface area contributed by atoms with E-state index in [4.69, 9.17) is 14.2 Å². The summed E-state index contributed by atoms with van der Waals surface area (Å²) in [6, 6.07) is 14.1. The molecule has 2 aliphatic heterocycles. The minimum atomic E-state index is -0.509. The number of esters is 1. The summed E-state index contributed by atoms with van der Waals surface area (Å²) in [6.45, 7) is 1.79. The molecular weight excluding hydrogens is 454 g/mol. The van der Waals surface area contributed by atoms with Crippen LogP contribution in [0.25, 0.3) is 0 Å². The summed E-state index contributed by atoms with van der Waals surface area (Å²) in [4.78, 5) is 32.2. The number of aliphatic imine (C=N–C) groups is 1. The number of hydrogen-bond acceptors (Lipinski definition) is 8. The van der Waals surface area contributed by atoms with E-state index >= 15 is 0 Å². The minimum Gasteiger partial charge on any atom is -0.497 e. The summed E-state index contributed by atoms with van der Waals surface area (Å²) < 4.78 is 15.7. The normalized spacial score (nSPS) is 16.9. The first-order valence-corrected chi connectivity index (χ1v) is 11.4. The summed E-state index contributed by atoms with van der Waals surface area (Å²) in [5.74, 6) is 0.722. The highest BCUT2D eigenvalue weighted by Gasteiger charge is 2.41. The molecule has 34 heavy (non-hydrogen) atoms. The molecule has 1 N–H and O–H groups in total. The molecule has 8 nitrogen and oxygen atoms in total. The Morgan fingerprint density at radius 2 is 1.79 bits per heavy atom. The molecule has 0 aromatic heterocycles. The summed E-state index contributed by atoms with van der Waals surface area (Å²) >= 11 is 1.42. The first-order chi connectivity index (χ1) is 16.4. The van der Waals surface area contributed by atoms with Crippen molar-refractivity contribution < 1.29 is 23.8 Å². The third-order valence-electron chi connectivity index (χ3n) is 5.53. The van der Waals surface area contributed by atoms with Gasteiger partial charge in [-0.2, -0.15) is 0 Å². The number of hydrogen-bond donors (Lipinski definition) is 1. The van der Waals surface area contributed by atoms with Crippen LogP contribution >= 0.6 is 11.8 Å². The molecule has 2 aromatic rings. The lowest BCUT2D eigenvalue weighted by atomic mass is 9.93. The van der Waals surface area contributed by atoms with E-state index in [-0.39, 0.29) is 12.3 Å². The van der Waals surface area contributed by atoms with E-state index in [0.29, 0.717) is 33.6 Å². The number of nitrogens with one attached hydrogen (secondary N) is 1. The van der Waals surface area contributed by atoms with E-state index in [9.17, 15) is 9.59 Å². The average molecular weight is 480 g/mol. The molecule has 2 aromatic carbocycles. The molecule has 0 unspecified atom stereocenters. The first kappa shape index (κ1) is 23.4. The lowest BCUT2D eigenvalue weighted by molar-refractivity contribution is -0.136. The number of ether oxygens (including phenoxy) is 3. The summed E-state index contributed by atoms with van der Waals surface area (Å²) in [5.41, 5.74) is 3.23. The van der Waals surface area contributed by atoms with Crippen molar-refractivity contribution in [3.63, 3.8) is 0 Å². The Morgan fingerprint density at radius 3 is 2.47 bits per heavy atom. The second-order valence-corrected chi connectivity index (χ2v) is 8.45. The van der Waals surface area contributed by atoms with Gasteiger partial charge in [-0.1, -0.05) is 23.9 Å². The number of carbonyl (C=O) groups excluding carboxylic acids is 2. The van der Waals surface area contributed by atoms with Crippen molar-refractivity contribution in [2.75, 3.05) is 26.6 Å². The molecule has 2 aliphatic rings. The van der Waals surface area contributed by atoms with Crippen LogP contribution in [0.3, 0.4) is 0 Å². The molecule has 2 heterocycles. The number of carbonyl (C=O) groups is 2. The van der Waals surface area contributed by atoms with Crippen LogP contribution in [0, 0.1) is 0 Å². The van der Waals surface area contributed by atoms with E-state index in [1.54, 1.807) is 45.4 Å². The minimum absolute atomic E-state index is 0.103. The zero-order chi connectivity index (χ0) is 24.2. The molecule has 9 heteroatoms. The number of fused-ring (bicyclic) bond motifs is 1. The topological polar surface area (TPSA) is 89.5 Å². The third-order valence-corrected chi connectivity index (χ3v) is 6.42. The molecule has 1 amide bonds. The summed E-state index contributed by atoms with van der Waals surface area (Å²) in [6.07, 6.45) is 0.103. The smallest absolute Gasteiger partial charge is 0.338 e. The van der Waals surface area contributed by atoms with Crippen molar-refractivity contribution in [1.29, 1.82) is 0 Å². The molecule has 0 fully saturated rings. The predicted molar refractivity (Wildman–Crippen MR) is 132 cm³/mol. The van der Waals surface area contributed by atoms with Gasteiger partial charge >= 0.3 is 5.97 Å². The van der Waals surface area contributed by atoms with Crippen LogP contribution in [0.15, 0.2) is 75.9 Å². The average Bonchev–Trinajstić information content (AvgIpc) is 3.24. The first-order valence-electron chi connectivity index (χ1n) is 10.6. The van der Waals surface area contributed by atoms with Crippen LogP contribution in [0.1, 0.15) is 24.9 Å². The van der Waals surface area contributed by atoms with Gasteiger partial charge in [-0.25, -0.2) is 9.79 Å². The Balaban J connectivity index is 1.64. The van der Waals surface area contributed by atoms with Gasteiger partial charge in [0.1, 0.15) is 11.5 Å². The molecular formula is C25H25N3O5S. The highest BCUT2D eigenvalue weighted by Crippen LogP contribution is 2.45. The van der Waals surface area contributed by atoms with Crippen molar-refractivity contribution in [3.05, 3.63) is 76.5 Å². The number of amidine groups is 1. The van der Waals surface area contributed by atoms with Crippen LogP contribution in [0.5, 0.6) is 11.5 Å². The van der Waals surface area contributed by atoms with E-state index in [2.05, 4.69) is 10.3 Å². The van der Waals surface area contributed by atoms with Crippen molar-refractivity contribution in [1.82, 2.24) is 4.90 Å². The van der Waals surface area contributed by atoms with Crippen LogP contribution < -0.4 is 14.8 Å². The Bertz CT molecular complexity index is 1200. The van der Waals surface area contributed by atoms with Crippen LogP contribution in [0.2, 0.25) is 0 Å². The zero-order valence-corrected chi connectivity index (χ0v) is 20.1. The second kappa shape index (κ2) is 10.0. The van der Waals surface area contributed by atoms with E-state index in [1.165, 1.54) is 18.9 Å². The molecule has 1 atom stereocenters. The SMILES string of the molecule is COC(=O)C1=C(C)N=C2SC=C(CC(=O)Nc3ccc(OC)cc3)N2[C@@H]1c1cccc(OC)c1. The van der Waals surface area contributed by atoms with Crippen LogP contribution in [-0.4, -0.2) is 43.3 Å². The number of methoxy groups -OCH3 is 3. The summed E-state index contributed by atoms with van der Waals surface area (Å²) in [5, 5.41) is 5.50. The Labute approximate surface area is 202 Å². The molecule has 176 valence electrons. The predicted octanol–water partition coefficient (Wildman–Crippen LogP) is 4.48. The number of rotatable bonds is 7. The Kier molecular flexibility index (Phi) is 6.93. The van der Waals surface area contributed by atoms with E-state index < -0.39 is 12.0 Å². The van der Waals surface area contributed by atoms with Crippen molar-refractivity contribution in [2.45, 2.75) is 19.4 Å². The van der Waals surface area contributed by atoms with Gasteiger partial charge in [-0.15, -0.1) is 0 Å².